The van der Waals surface area contributed by atoms with Crippen molar-refractivity contribution in [2.45, 2.75) is 59.1 Å². The van der Waals surface area contributed by atoms with E-state index in [1.54, 1.807) is 6.92 Å². The van der Waals surface area contributed by atoms with Crippen LogP contribution in [0.1, 0.15) is 47.0 Å². The van der Waals surface area contributed by atoms with Crippen molar-refractivity contribution in [3.05, 3.63) is 0 Å². The number of rotatable bonds is 7. The number of aliphatic hydroxyl groups excluding tert-OH is 1. The van der Waals surface area contributed by atoms with Gasteiger partial charge in [-0.05, 0) is 26.2 Å². The molecule has 0 bridgehead atoms. The highest BCUT2D eigenvalue weighted by atomic mass is 16.3. The average molecular weight is 229 g/mol. The van der Waals surface area contributed by atoms with Gasteiger partial charge in [-0.3, -0.25) is 4.99 Å². The quantitative estimate of drug-likeness (QED) is 0.457. The average Bonchev–Trinajstić information content (AvgIpc) is 2.14. The van der Waals surface area contributed by atoms with Crippen LogP contribution in [0.4, 0.5) is 0 Å². The van der Waals surface area contributed by atoms with Crippen molar-refractivity contribution >= 4 is 5.96 Å². The van der Waals surface area contributed by atoms with Gasteiger partial charge in [0.25, 0.3) is 0 Å². The normalized spacial score (nSPS) is 16.2. The summed E-state index contributed by atoms with van der Waals surface area (Å²) >= 11 is 0. The van der Waals surface area contributed by atoms with Crippen molar-refractivity contribution in [2.75, 3.05) is 6.54 Å². The third kappa shape index (κ3) is 9.77. The molecule has 0 saturated heterocycles. The molecule has 0 amide bonds. The predicted molar refractivity (Wildman–Crippen MR) is 69.5 cm³/mol. The van der Waals surface area contributed by atoms with Crippen LogP contribution < -0.4 is 11.1 Å². The second kappa shape index (κ2) is 8.39. The minimum atomic E-state index is -0.434. The lowest BCUT2D eigenvalue weighted by Gasteiger charge is -2.15. The van der Waals surface area contributed by atoms with Crippen LogP contribution in [-0.4, -0.2) is 29.8 Å². The summed E-state index contributed by atoms with van der Waals surface area (Å²) in [5.74, 6) is 1.19. The molecular weight excluding hydrogens is 202 g/mol. The number of nitrogens with zero attached hydrogens (tertiary/aromatic N) is 1. The molecular formula is C12H27N3O. The summed E-state index contributed by atoms with van der Waals surface area (Å²) in [6.45, 7) is 8.62. The molecule has 0 fully saturated rings. The van der Waals surface area contributed by atoms with Crippen molar-refractivity contribution in [2.24, 2.45) is 16.6 Å². The molecule has 0 aliphatic carbocycles. The highest BCUT2D eigenvalue weighted by Crippen LogP contribution is 2.07. The molecule has 0 aromatic heterocycles. The largest absolute Gasteiger partial charge is 0.391 e. The fourth-order valence-electron chi connectivity index (χ4n) is 1.43. The zero-order valence-corrected chi connectivity index (χ0v) is 11.0. The number of hydrogen-bond donors (Lipinski definition) is 3. The second-order valence-corrected chi connectivity index (χ2v) is 4.95. The smallest absolute Gasteiger partial charge is 0.188 e. The molecule has 0 aliphatic rings. The van der Waals surface area contributed by atoms with Gasteiger partial charge in [-0.15, -0.1) is 0 Å². The molecule has 0 heterocycles. The summed E-state index contributed by atoms with van der Waals surface area (Å²) in [6, 6.07) is 0.344. The van der Waals surface area contributed by atoms with Crippen molar-refractivity contribution in [1.82, 2.24) is 5.32 Å². The van der Waals surface area contributed by atoms with Crippen molar-refractivity contribution < 1.29 is 5.11 Å². The Hall–Kier alpha value is -0.770. The molecule has 4 heteroatoms. The lowest BCUT2D eigenvalue weighted by molar-refractivity contribution is 0.204. The maximum atomic E-state index is 9.05. The Morgan fingerprint density at radius 3 is 2.38 bits per heavy atom. The lowest BCUT2D eigenvalue weighted by atomic mass is 10.0. The molecule has 4 nitrogen and oxygen atoms in total. The van der Waals surface area contributed by atoms with E-state index in [1.165, 1.54) is 12.8 Å². The number of aliphatic imine (C=N–C) groups is 1. The summed E-state index contributed by atoms with van der Waals surface area (Å²) in [5, 5.41) is 12.2. The molecule has 0 rings (SSSR count). The highest BCUT2D eigenvalue weighted by Gasteiger charge is 2.03. The van der Waals surface area contributed by atoms with Gasteiger partial charge in [0.15, 0.2) is 5.96 Å². The van der Waals surface area contributed by atoms with E-state index in [0.717, 1.165) is 12.3 Å². The Morgan fingerprint density at radius 2 is 1.88 bits per heavy atom. The van der Waals surface area contributed by atoms with E-state index in [4.69, 9.17) is 10.8 Å². The molecule has 0 radical (unpaired) electrons. The zero-order chi connectivity index (χ0) is 12.6. The van der Waals surface area contributed by atoms with Gasteiger partial charge in [0, 0.05) is 6.04 Å². The predicted octanol–water partition coefficient (Wildman–Crippen LogP) is 1.49. The third-order valence-electron chi connectivity index (χ3n) is 2.34. The van der Waals surface area contributed by atoms with Gasteiger partial charge >= 0.3 is 0 Å². The Morgan fingerprint density at radius 1 is 1.25 bits per heavy atom. The van der Waals surface area contributed by atoms with Crippen molar-refractivity contribution in [1.29, 1.82) is 0 Å². The third-order valence-corrected chi connectivity index (χ3v) is 2.34. The fraction of sp³-hybridized carbons (Fsp3) is 0.917. The molecule has 2 atom stereocenters. The van der Waals surface area contributed by atoms with Crippen LogP contribution in [0.3, 0.4) is 0 Å². The molecule has 0 aromatic carbocycles. The van der Waals surface area contributed by atoms with Crippen LogP contribution >= 0.6 is 0 Å². The molecule has 4 N–H and O–H groups in total. The topological polar surface area (TPSA) is 70.6 Å². The van der Waals surface area contributed by atoms with Crippen LogP contribution in [0.2, 0.25) is 0 Å². The SMILES string of the molecule is CC(C)CCCC(C)NC(N)=NCC(C)O. The summed E-state index contributed by atoms with van der Waals surface area (Å²) in [7, 11) is 0. The Bertz CT molecular complexity index is 202. The molecule has 0 aliphatic heterocycles. The Kier molecular flexibility index (Phi) is 7.99. The van der Waals surface area contributed by atoms with E-state index in [2.05, 4.69) is 31.1 Å². The van der Waals surface area contributed by atoms with Crippen LogP contribution in [0, 0.1) is 5.92 Å². The van der Waals surface area contributed by atoms with E-state index < -0.39 is 6.10 Å². The first-order valence-corrected chi connectivity index (χ1v) is 6.16. The minimum absolute atomic E-state index is 0.344. The first-order chi connectivity index (χ1) is 7.41. The fourth-order valence-corrected chi connectivity index (χ4v) is 1.43. The van der Waals surface area contributed by atoms with Gasteiger partial charge in [0.05, 0.1) is 12.6 Å². The second-order valence-electron chi connectivity index (χ2n) is 4.95. The van der Waals surface area contributed by atoms with Gasteiger partial charge in [0.2, 0.25) is 0 Å². The van der Waals surface area contributed by atoms with Gasteiger partial charge in [-0.25, -0.2) is 0 Å². The van der Waals surface area contributed by atoms with Crippen LogP contribution in [0.5, 0.6) is 0 Å². The van der Waals surface area contributed by atoms with Crippen molar-refractivity contribution in [3.63, 3.8) is 0 Å². The van der Waals surface area contributed by atoms with Gasteiger partial charge < -0.3 is 16.2 Å². The van der Waals surface area contributed by atoms with Crippen LogP contribution in [-0.2, 0) is 0 Å². The summed E-state index contributed by atoms with van der Waals surface area (Å²) in [5.41, 5.74) is 5.68. The maximum Gasteiger partial charge on any atom is 0.188 e. The molecule has 2 unspecified atom stereocenters. The number of aliphatic hydroxyl groups is 1. The molecule has 96 valence electrons. The number of hydrogen-bond acceptors (Lipinski definition) is 2. The maximum absolute atomic E-state index is 9.05. The Balaban J connectivity index is 3.69. The van der Waals surface area contributed by atoms with E-state index >= 15 is 0 Å². The van der Waals surface area contributed by atoms with E-state index in [0.29, 0.717) is 18.5 Å². The zero-order valence-electron chi connectivity index (χ0n) is 11.0. The van der Waals surface area contributed by atoms with Crippen LogP contribution in [0.15, 0.2) is 4.99 Å². The summed E-state index contributed by atoms with van der Waals surface area (Å²) in [6.07, 6.45) is 3.12. The lowest BCUT2D eigenvalue weighted by Crippen LogP contribution is -2.38. The van der Waals surface area contributed by atoms with E-state index in [9.17, 15) is 0 Å². The van der Waals surface area contributed by atoms with E-state index in [-0.39, 0.29) is 0 Å². The summed E-state index contributed by atoms with van der Waals surface area (Å²) < 4.78 is 0. The van der Waals surface area contributed by atoms with Gasteiger partial charge in [-0.1, -0.05) is 26.7 Å². The number of nitrogens with one attached hydrogen (secondary N) is 1. The Labute approximate surface area is 99.3 Å². The highest BCUT2D eigenvalue weighted by molar-refractivity contribution is 5.78. The summed E-state index contributed by atoms with van der Waals surface area (Å²) in [4.78, 5) is 4.04. The molecule has 0 aromatic rings. The first-order valence-electron chi connectivity index (χ1n) is 6.16. The first kappa shape index (κ1) is 15.2. The van der Waals surface area contributed by atoms with Crippen molar-refractivity contribution in [3.8, 4) is 0 Å². The minimum Gasteiger partial charge on any atom is -0.391 e. The number of nitrogens with two attached hydrogens (primary N) is 1. The van der Waals surface area contributed by atoms with Gasteiger partial charge in [0.1, 0.15) is 0 Å². The van der Waals surface area contributed by atoms with Crippen LogP contribution in [0.25, 0.3) is 0 Å². The monoisotopic (exact) mass is 229 g/mol. The van der Waals surface area contributed by atoms with Gasteiger partial charge in [-0.2, -0.15) is 0 Å². The molecule has 0 spiro atoms. The molecule has 16 heavy (non-hydrogen) atoms. The molecule has 0 saturated carbocycles. The van der Waals surface area contributed by atoms with E-state index in [1.807, 2.05) is 0 Å². The number of guanidine groups is 1. The standard InChI is InChI=1S/C12H27N3O/c1-9(2)6-5-7-10(3)15-12(13)14-8-11(4)16/h9-11,16H,5-8H2,1-4H3,(H3,13,14,15).